The van der Waals surface area contributed by atoms with Gasteiger partial charge in [0.2, 0.25) is 0 Å². The van der Waals surface area contributed by atoms with E-state index in [4.69, 9.17) is 4.74 Å². The highest BCUT2D eigenvalue weighted by molar-refractivity contribution is 6.09. The molecule has 1 N–H and O–H groups in total. The average molecular weight is 388 g/mol. The maximum atomic E-state index is 13.1. The van der Waals surface area contributed by atoms with E-state index < -0.39 is 29.2 Å². The summed E-state index contributed by atoms with van der Waals surface area (Å²) in [4.78, 5) is 23.9. The predicted molar refractivity (Wildman–Crippen MR) is 96.1 cm³/mol. The van der Waals surface area contributed by atoms with Crippen LogP contribution in [0.1, 0.15) is 28.4 Å². The smallest absolute Gasteiger partial charge is 0.416 e. The lowest BCUT2D eigenvalue weighted by atomic mass is 10.0. The zero-order chi connectivity index (χ0) is 20.7. The molecule has 2 aromatic rings. The van der Waals surface area contributed by atoms with Crippen LogP contribution in [0.25, 0.3) is 6.08 Å². The number of nitriles is 1. The summed E-state index contributed by atoms with van der Waals surface area (Å²) >= 11 is 0. The molecule has 0 aliphatic rings. The van der Waals surface area contributed by atoms with Gasteiger partial charge in [-0.05, 0) is 48.9 Å². The molecule has 0 radical (unpaired) electrons. The van der Waals surface area contributed by atoms with E-state index in [0.717, 1.165) is 12.1 Å². The first-order valence-corrected chi connectivity index (χ1v) is 8.12. The minimum atomic E-state index is -4.62. The van der Waals surface area contributed by atoms with E-state index in [1.807, 2.05) is 0 Å². The van der Waals surface area contributed by atoms with Crippen LogP contribution < -0.4 is 5.32 Å². The lowest BCUT2D eigenvalue weighted by molar-refractivity contribution is -0.137. The third-order valence-electron chi connectivity index (χ3n) is 3.59. The third kappa shape index (κ3) is 5.20. The Morgan fingerprint density at radius 2 is 1.79 bits per heavy atom. The normalized spacial score (nSPS) is 11.5. The number of carbonyl (C=O) groups is 2. The van der Waals surface area contributed by atoms with Crippen LogP contribution in [0.3, 0.4) is 0 Å². The number of carbonyl (C=O) groups excluding carboxylic acids is 2. The van der Waals surface area contributed by atoms with Crippen molar-refractivity contribution in [2.45, 2.75) is 13.1 Å². The second-order valence-corrected chi connectivity index (χ2v) is 5.51. The molecule has 2 rings (SSSR count). The Labute approximate surface area is 159 Å². The lowest BCUT2D eigenvalue weighted by Gasteiger charge is -2.10. The van der Waals surface area contributed by atoms with E-state index in [9.17, 15) is 28.0 Å². The lowest BCUT2D eigenvalue weighted by Crippen LogP contribution is -2.14. The molecular weight excluding hydrogens is 373 g/mol. The number of amides is 1. The highest BCUT2D eigenvalue weighted by Gasteiger charge is 2.32. The van der Waals surface area contributed by atoms with Crippen LogP contribution in [-0.4, -0.2) is 18.5 Å². The molecule has 0 aliphatic carbocycles. The summed E-state index contributed by atoms with van der Waals surface area (Å²) in [6.45, 7) is 1.88. The van der Waals surface area contributed by atoms with Crippen LogP contribution >= 0.6 is 0 Å². The first kappa shape index (κ1) is 20.7. The van der Waals surface area contributed by atoms with Gasteiger partial charge in [0.1, 0.15) is 11.6 Å². The van der Waals surface area contributed by atoms with Crippen molar-refractivity contribution in [2.75, 3.05) is 11.9 Å². The highest BCUT2D eigenvalue weighted by Crippen LogP contribution is 2.32. The largest absolute Gasteiger partial charge is 0.462 e. The summed E-state index contributed by atoms with van der Waals surface area (Å²) in [5.74, 6) is -1.40. The molecule has 28 heavy (non-hydrogen) atoms. The first-order chi connectivity index (χ1) is 13.3. The van der Waals surface area contributed by atoms with Crippen LogP contribution in [0, 0.1) is 11.3 Å². The second kappa shape index (κ2) is 8.86. The van der Waals surface area contributed by atoms with Crippen molar-refractivity contribution in [3.63, 3.8) is 0 Å². The van der Waals surface area contributed by atoms with Crippen LogP contribution in [0.5, 0.6) is 0 Å². The fourth-order valence-electron chi connectivity index (χ4n) is 2.29. The minimum absolute atomic E-state index is 0.215. The summed E-state index contributed by atoms with van der Waals surface area (Å²) in [5, 5.41) is 11.6. The molecule has 0 heterocycles. The Bertz CT molecular complexity index is 942. The Balaban J connectivity index is 2.22. The van der Waals surface area contributed by atoms with Crippen LogP contribution in [0.4, 0.5) is 18.9 Å². The molecule has 0 aromatic heterocycles. The molecule has 0 bridgehead atoms. The molecule has 0 unspecified atom stereocenters. The zero-order valence-electron chi connectivity index (χ0n) is 14.7. The van der Waals surface area contributed by atoms with Crippen molar-refractivity contribution in [2.24, 2.45) is 0 Å². The molecule has 0 saturated heterocycles. The van der Waals surface area contributed by atoms with Gasteiger partial charge in [-0.25, -0.2) is 4.79 Å². The number of alkyl halides is 3. The number of halogens is 3. The van der Waals surface area contributed by atoms with Crippen LogP contribution in [-0.2, 0) is 15.7 Å². The summed E-state index contributed by atoms with van der Waals surface area (Å²) < 4.78 is 44.0. The number of rotatable bonds is 5. The highest BCUT2D eigenvalue weighted by atomic mass is 19.4. The average Bonchev–Trinajstić information content (AvgIpc) is 2.66. The molecule has 2 aromatic carbocycles. The van der Waals surface area contributed by atoms with Crippen molar-refractivity contribution >= 4 is 23.6 Å². The molecule has 0 spiro atoms. The van der Waals surface area contributed by atoms with Crippen molar-refractivity contribution in [3.05, 3.63) is 70.8 Å². The number of hydrogen-bond acceptors (Lipinski definition) is 4. The van der Waals surface area contributed by atoms with Crippen LogP contribution in [0.15, 0.2) is 54.1 Å². The first-order valence-electron chi connectivity index (χ1n) is 8.12. The fraction of sp³-hybridized carbons (Fsp3) is 0.150. The van der Waals surface area contributed by atoms with Gasteiger partial charge in [0, 0.05) is 5.69 Å². The van der Waals surface area contributed by atoms with E-state index >= 15 is 0 Å². The standard InChI is InChI=1S/C20H15F3N2O3/c1-2-28-19(27)13-7-9-16(10-8-13)25-18(26)15(12-24)11-14-5-3-4-6-17(14)20(21,22)23/h3-11H,2H2,1H3,(H,25,26)/b15-11+. The summed E-state index contributed by atoms with van der Waals surface area (Å²) in [6.07, 6.45) is -3.74. The predicted octanol–water partition coefficient (Wildman–Crippen LogP) is 4.43. The number of benzene rings is 2. The number of hydrogen-bond donors (Lipinski definition) is 1. The maximum absolute atomic E-state index is 13.1. The van der Waals surface area contributed by atoms with E-state index in [2.05, 4.69) is 5.32 Å². The number of ether oxygens (including phenoxy) is 1. The maximum Gasteiger partial charge on any atom is 0.416 e. The third-order valence-corrected chi connectivity index (χ3v) is 3.59. The number of nitrogens with one attached hydrogen (secondary N) is 1. The minimum Gasteiger partial charge on any atom is -0.462 e. The molecule has 0 aliphatic heterocycles. The van der Waals surface area contributed by atoms with Crippen LogP contribution in [0.2, 0.25) is 0 Å². The molecule has 0 atom stereocenters. The van der Waals surface area contributed by atoms with E-state index in [-0.39, 0.29) is 23.4 Å². The number of nitrogens with zero attached hydrogens (tertiary/aromatic N) is 1. The summed E-state index contributed by atoms with van der Waals surface area (Å²) in [6, 6.07) is 11.9. The monoisotopic (exact) mass is 388 g/mol. The molecule has 0 fully saturated rings. The van der Waals surface area contributed by atoms with Crippen molar-refractivity contribution in [1.82, 2.24) is 0 Å². The zero-order valence-corrected chi connectivity index (χ0v) is 14.7. The Kier molecular flexibility index (Phi) is 6.55. The topological polar surface area (TPSA) is 79.2 Å². The Morgan fingerprint density at radius 1 is 1.14 bits per heavy atom. The van der Waals surface area contributed by atoms with Gasteiger partial charge in [-0.15, -0.1) is 0 Å². The van der Waals surface area contributed by atoms with E-state index in [0.29, 0.717) is 0 Å². The molecule has 8 heteroatoms. The van der Waals surface area contributed by atoms with Crippen molar-refractivity contribution in [1.29, 1.82) is 5.26 Å². The summed E-state index contributed by atoms with van der Waals surface area (Å²) in [7, 11) is 0. The van der Waals surface area contributed by atoms with Gasteiger partial charge in [0.25, 0.3) is 5.91 Å². The molecular formula is C20H15F3N2O3. The SMILES string of the molecule is CCOC(=O)c1ccc(NC(=O)/C(C#N)=C/c2ccccc2C(F)(F)F)cc1. The number of anilines is 1. The molecule has 5 nitrogen and oxygen atoms in total. The van der Waals surface area contributed by atoms with Gasteiger partial charge >= 0.3 is 12.1 Å². The Hall–Kier alpha value is -3.60. The van der Waals surface area contributed by atoms with E-state index in [1.165, 1.54) is 42.5 Å². The Morgan fingerprint density at radius 3 is 2.36 bits per heavy atom. The van der Waals surface area contributed by atoms with Gasteiger partial charge in [-0.2, -0.15) is 18.4 Å². The van der Waals surface area contributed by atoms with Gasteiger partial charge in [-0.1, -0.05) is 18.2 Å². The quantitative estimate of drug-likeness (QED) is 0.467. The van der Waals surface area contributed by atoms with Gasteiger partial charge < -0.3 is 10.1 Å². The molecule has 144 valence electrons. The molecule has 0 saturated carbocycles. The second-order valence-electron chi connectivity index (χ2n) is 5.51. The van der Waals surface area contributed by atoms with Crippen molar-refractivity contribution < 1.29 is 27.5 Å². The van der Waals surface area contributed by atoms with Gasteiger partial charge in [-0.3, -0.25) is 4.79 Å². The van der Waals surface area contributed by atoms with Crippen molar-refractivity contribution in [3.8, 4) is 6.07 Å². The van der Waals surface area contributed by atoms with Gasteiger partial charge in [0.15, 0.2) is 0 Å². The number of esters is 1. The summed E-state index contributed by atoms with van der Waals surface area (Å²) in [5.41, 5.74) is -1.20. The molecule has 1 amide bonds. The fourth-order valence-corrected chi connectivity index (χ4v) is 2.29. The van der Waals surface area contributed by atoms with E-state index in [1.54, 1.807) is 13.0 Å². The van der Waals surface area contributed by atoms with Gasteiger partial charge in [0.05, 0.1) is 17.7 Å².